The number of imidazole rings is 1. The molecule has 0 atom stereocenters. The van der Waals surface area contributed by atoms with Gasteiger partial charge in [0.15, 0.2) is 0 Å². The topological polar surface area (TPSA) is 53.2 Å². The molecular formula is C26H29N5O. The number of carbonyl (C=O) groups excluding carboxylic acids is 1. The van der Waals surface area contributed by atoms with E-state index in [1.807, 2.05) is 54.4 Å². The Morgan fingerprint density at radius 3 is 2.75 bits per heavy atom. The number of likely N-dealkylation sites (tertiary alicyclic amines) is 1. The average molecular weight is 428 g/mol. The van der Waals surface area contributed by atoms with Gasteiger partial charge in [-0.1, -0.05) is 19.1 Å². The monoisotopic (exact) mass is 427 g/mol. The van der Waals surface area contributed by atoms with Crippen LogP contribution < -0.4 is 0 Å². The van der Waals surface area contributed by atoms with Crippen molar-refractivity contribution < 1.29 is 4.79 Å². The van der Waals surface area contributed by atoms with E-state index in [0.717, 1.165) is 71.9 Å². The van der Waals surface area contributed by atoms with Crippen LogP contribution in [0.1, 0.15) is 36.6 Å². The molecular weight excluding hydrogens is 398 g/mol. The van der Waals surface area contributed by atoms with Crippen molar-refractivity contribution in [1.29, 1.82) is 0 Å². The molecule has 0 aliphatic carbocycles. The van der Waals surface area contributed by atoms with Gasteiger partial charge < -0.3 is 9.30 Å². The SMILES string of the molecule is CCN1CCC(C2=CN3C(=O)/C=C(c4cc(C)c5nc(C)cn5c4)\C=C\C=C3C=N2)CC1. The zero-order chi connectivity index (χ0) is 22.2. The Bertz CT molecular complexity index is 1220. The molecule has 5 rings (SSSR count). The Morgan fingerprint density at radius 2 is 1.97 bits per heavy atom. The summed E-state index contributed by atoms with van der Waals surface area (Å²) in [5.41, 5.74) is 6.70. The lowest BCUT2D eigenvalue weighted by Crippen LogP contribution is -2.35. The van der Waals surface area contributed by atoms with Gasteiger partial charge in [-0.25, -0.2) is 4.98 Å². The lowest BCUT2D eigenvalue weighted by Gasteiger charge is -2.33. The van der Waals surface area contributed by atoms with E-state index in [2.05, 4.69) is 29.8 Å². The number of piperidine rings is 1. The number of aryl methyl sites for hydroxylation is 2. The maximum absolute atomic E-state index is 13.3. The molecule has 164 valence electrons. The summed E-state index contributed by atoms with van der Waals surface area (Å²) in [5, 5.41) is 0. The molecule has 0 saturated carbocycles. The van der Waals surface area contributed by atoms with E-state index in [1.54, 1.807) is 11.0 Å². The molecule has 0 unspecified atom stereocenters. The van der Waals surface area contributed by atoms with E-state index >= 15 is 0 Å². The van der Waals surface area contributed by atoms with Crippen molar-refractivity contribution in [3.63, 3.8) is 0 Å². The first-order valence-corrected chi connectivity index (χ1v) is 11.4. The molecule has 5 heterocycles. The van der Waals surface area contributed by atoms with Crippen molar-refractivity contribution in [2.75, 3.05) is 19.6 Å². The molecule has 2 aromatic heterocycles. The van der Waals surface area contributed by atoms with Crippen molar-refractivity contribution in [3.05, 3.63) is 77.2 Å². The minimum Gasteiger partial charge on any atom is -0.306 e. The second kappa shape index (κ2) is 8.36. The Morgan fingerprint density at radius 1 is 1.16 bits per heavy atom. The molecule has 0 N–H and O–H groups in total. The summed E-state index contributed by atoms with van der Waals surface area (Å²) in [4.78, 5) is 26.8. The lowest BCUT2D eigenvalue weighted by molar-refractivity contribution is -0.121. The molecule has 6 nitrogen and oxygen atoms in total. The minimum absolute atomic E-state index is 0.0511. The fourth-order valence-corrected chi connectivity index (χ4v) is 4.74. The number of aliphatic imine (C=N–C) groups is 1. The lowest BCUT2D eigenvalue weighted by atomic mass is 9.93. The van der Waals surface area contributed by atoms with Crippen molar-refractivity contribution in [3.8, 4) is 0 Å². The standard InChI is InChI=1S/C26H29N5O/c1-4-29-10-8-20(9-11-29)24-17-31-23(14-27-24)7-5-6-21(13-25(31)32)22-12-18(2)26-28-19(3)15-30(26)16-22/h5-7,12-17,20H,4,8-11H2,1-3H3/b6-5+,21-13+,23-7?. The summed E-state index contributed by atoms with van der Waals surface area (Å²) >= 11 is 0. The van der Waals surface area contributed by atoms with Crippen LogP contribution in [0.15, 0.2) is 65.4 Å². The van der Waals surface area contributed by atoms with Gasteiger partial charge in [0.25, 0.3) is 5.91 Å². The quantitative estimate of drug-likeness (QED) is 0.735. The minimum atomic E-state index is -0.0511. The van der Waals surface area contributed by atoms with E-state index < -0.39 is 0 Å². The van der Waals surface area contributed by atoms with E-state index in [4.69, 9.17) is 4.99 Å². The van der Waals surface area contributed by atoms with Crippen molar-refractivity contribution >= 4 is 23.3 Å². The fourth-order valence-electron chi connectivity index (χ4n) is 4.74. The predicted molar refractivity (Wildman–Crippen MR) is 128 cm³/mol. The molecule has 3 aliphatic rings. The number of hydrogen-bond acceptors (Lipinski definition) is 4. The van der Waals surface area contributed by atoms with Crippen LogP contribution >= 0.6 is 0 Å². The molecule has 3 aliphatic heterocycles. The molecule has 6 heteroatoms. The van der Waals surface area contributed by atoms with Crippen LogP contribution in [-0.4, -0.2) is 50.9 Å². The number of carbonyl (C=O) groups is 1. The van der Waals surface area contributed by atoms with Gasteiger partial charge in [-0.05, 0) is 75.2 Å². The molecule has 1 saturated heterocycles. The third-order valence-corrected chi connectivity index (χ3v) is 6.59. The first kappa shape index (κ1) is 20.6. The Balaban J connectivity index is 1.45. The summed E-state index contributed by atoms with van der Waals surface area (Å²) < 4.78 is 2.04. The van der Waals surface area contributed by atoms with Crippen molar-refractivity contribution in [2.45, 2.75) is 33.6 Å². The molecule has 32 heavy (non-hydrogen) atoms. The maximum Gasteiger partial charge on any atom is 0.255 e. The van der Waals surface area contributed by atoms with E-state index in [0.29, 0.717) is 5.92 Å². The highest BCUT2D eigenvalue weighted by Gasteiger charge is 2.26. The van der Waals surface area contributed by atoms with Crippen LogP contribution in [0.2, 0.25) is 0 Å². The van der Waals surface area contributed by atoms with Crippen LogP contribution in [0, 0.1) is 19.8 Å². The average Bonchev–Trinajstić information content (AvgIpc) is 3.18. The van der Waals surface area contributed by atoms with Gasteiger partial charge in [-0.2, -0.15) is 0 Å². The summed E-state index contributed by atoms with van der Waals surface area (Å²) in [6, 6.07) is 2.10. The van der Waals surface area contributed by atoms with Gasteiger partial charge in [0.2, 0.25) is 0 Å². The summed E-state index contributed by atoms with van der Waals surface area (Å²) in [6.07, 6.45) is 17.6. The zero-order valence-corrected chi connectivity index (χ0v) is 19.0. The molecule has 0 bridgehead atoms. The van der Waals surface area contributed by atoms with E-state index in [9.17, 15) is 4.79 Å². The first-order chi connectivity index (χ1) is 15.5. The summed E-state index contributed by atoms with van der Waals surface area (Å²) in [6.45, 7) is 9.53. The molecule has 2 aromatic rings. The van der Waals surface area contributed by atoms with Crippen LogP contribution in [0.25, 0.3) is 11.2 Å². The summed E-state index contributed by atoms with van der Waals surface area (Å²) in [5.74, 6) is 0.354. The van der Waals surface area contributed by atoms with Crippen molar-refractivity contribution in [1.82, 2.24) is 19.2 Å². The zero-order valence-electron chi connectivity index (χ0n) is 19.0. The van der Waals surface area contributed by atoms with E-state index in [1.165, 1.54) is 0 Å². The normalized spacial score (nSPS) is 22.7. The Labute approximate surface area is 189 Å². The summed E-state index contributed by atoms with van der Waals surface area (Å²) in [7, 11) is 0. The molecule has 1 fully saturated rings. The number of aromatic nitrogens is 2. The second-order valence-electron chi connectivity index (χ2n) is 8.80. The number of hydrogen-bond donors (Lipinski definition) is 0. The highest BCUT2D eigenvalue weighted by Crippen LogP contribution is 2.30. The predicted octanol–water partition coefficient (Wildman–Crippen LogP) is 4.27. The number of nitrogens with zero attached hydrogens (tertiary/aromatic N) is 5. The fraction of sp³-hybridized carbons (Fsp3) is 0.346. The van der Waals surface area contributed by atoms with Gasteiger partial charge in [-0.3, -0.25) is 14.7 Å². The van der Waals surface area contributed by atoms with Crippen molar-refractivity contribution in [2.24, 2.45) is 10.9 Å². The van der Waals surface area contributed by atoms with Crippen LogP contribution in [0.5, 0.6) is 0 Å². The number of fused-ring (bicyclic) bond motifs is 2. The van der Waals surface area contributed by atoms with Crippen LogP contribution in [0.4, 0.5) is 0 Å². The molecule has 1 amide bonds. The number of rotatable bonds is 3. The third-order valence-electron chi connectivity index (χ3n) is 6.59. The molecule has 0 aromatic carbocycles. The largest absolute Gasteiger partial charge is 0.306 e. The van der Waals surface area contributed by atoms with Crippen LogP contribution in [-0.2, 0) is 4.79 Å². The van der Waals surface area contributed by atoms with Gasteiger partial charge in [0.05, 0.1) is 23.3 Å². The van der Waals surface area contributed by atoms with E-state index in [-0.39, 0.29) is 5.91 Å². The third kappa shape index (κ3) is 3.86. The number of allylic oxidation sites excluding steroid dienone is 6. The van der Waals surface area contributed by atoms with Gasteiger partial charge in [0.1, 0.15) is 5.65 Å². The molecule has 0 spiro atoms. The Hall–Kier alpha value is -3.25. The second-order valence-corrected chi connectivity index (χ2v) is 8.80. The number of amides is 1. The van der Waals surface area contributed by atoms with Gasteiger partial charge >= 0.3 is 0 Å². The van der Waals surface area contributed by atoms with Gasteiger partial charge in [0, 0.05) is 30.6 Å². The first-order valence-electron chi connectivity index (χ1n) is 11.4. The smallest absolute Gasteiger partial charge is 0.255 e. The highest BCUT2D eigenvalue weighted by atomic mass is 16.2. The number of pyridine rings is 1. The van der Waals surface area contributed by atoms with Crippen LogP contribution in [0.3, 0.4) is 0 Å². The highest BCUT2D eigenvalue weighted by molar-refractivity contribution is 6.02. The maximum atomic E-state index is 13.3. The van der Waals surface area contributed by atoms with Gasteiger partial charge in [-0.15, -0.1) is 0 Å². The Kier molecular flexibility index (Phi) is 5.39. The molecule has 0 radical (unpaired) electrons.